The first-order chi connectivity index (χ1) is 10.7. The molecule has 11 heteroatoms. The molecule has 0 aromatic carbocycles. The van der Waals surface area contributed by atoms with Crippen molar-refractivity contribution < 1.29 is 55.4 Å². The van der Waals surface area contributed by atoms with Crippen LogP contribution in [0.1, 0.15) is 0 Å². The van der Waals surface area contributed by atoms with Gasteiger partial charge in [-0.2, -0.15) is 0 Å². The molecule has 0 aromatic rings. The first-order valence-electron chi connectivity index (χ1n) is 6.99. The van der Waals surface area contributed by atoms with Gasteiger partial charge in [-0.25, -0.2) is 0 Å². The Labute approximate surface area is 131 Å². The van der Waals surface area contributed by atoms with Crippen LogP contribution in [0.4, 0.5) is 0 Å². The number of hydrogen-bond acceptors (Lipinski definition) is 11. The van der Waals surface area contributed by atoms with Crippen LogP contribution in [0.5, 0.6) is 0 Å². The molecule has 0 bridgehead atoms. The molecule has 1 saturated heterocycles. The van der Waals surface area contributed by atoms with Gasteiger partial charge >= 0.3 is 0 Å². The van der Waals surface area contributed by atoms with Crippen molar-refractivity contribution >= 4 is 0 Å². The van der Waals surface area contributed by atoms with E-state index in [4.69, 9.17) is 19.7 Å². The van der Waals surface area contributed by atoms with E-state index in [1.54, 1.807) is 0 Å². The molecule has 23 heavy (non-hydrogen) atoms. The normalized spacial score (nSPS) is 37.2. The average Bonchev–Trinajstić information content (AvgIpc) is 2.56. The predicted molar refractivity (Wildman–Crippen MR) is 70.8 cm³/mol. The summed E-state index contributed by atoms with van der Waals surface area (Å²) in [6.45, 7) is -2.16. The third kappa shape index (κ3) is 5.01. The zero-order valence-corrected chi connectivity index (χ0v) is 12.2. The summed E-state index contributed by atoms with van der Waals surface area (Å²) in [7, 11) is 0. The number of hydrogen-bond donors (Lipinski definition) is 9. The van der Waals surface area contributed by atoms with E-state index in [1.165, 1.54) is 0 Å². The number of aliphatic hydroxyl groups is 9. The zero-order chi connectivity index (χ0) is 17.7. The largest absolute Gasteiger partial charge is 0.394 e. The summed E-state index contributed by atoms with van der Waals surface area (Å²) in [6.07, 6.45) is -14.7. The Kier molecular flexibility index (Phi) is 8.20. The molecule has 1 heterocycles. The van der Waals surface area contributed by atoms with E-state index in [9.17, 15) is 35.7 Å². The Morgan fingerprint density at radius 1 is 0.826 bits per heavy atom. The van der Waals surface area contributed by atoms with Crippen LogP contribution < -0.4 is 0 Å². The molecule has 9 N–H and O–H groups in total. The first kappa shape index (κ1) is 20.6. The molecule has 1 aliphatic heterocycles. The van der Waals surface area contributed by atoms with Crippen molar-refractivity contribution in [3.63, 3.8) is 0 Å². The summed E-state index contributed by atoms with van der Waals surface area (Å²) in [5.41, 5.74) is 0. The molecule has 0 spiro atoms. The highest BCUT2D eigenvalue weighted by Crippen LogP contribution is 2.22. The van der Waals surface area contributed by atoms with Crippen LogP contribution in [0.15, 0.2) is 0 Å². The number of ether oxygens (including phenoxy) is 2. The van der Waals surface area contributed by atoms with E-state index < -0.39 is 74.9 Å². The van der Waals surface area contributed by atoms with Gasteiger partial charge in [0.1, 0.15) is 48.8 Å². The molecule has 1 rings (SSSR count). The van der Waals surface area contributed by atoms with E-state index in [0.717, 1.165) is 0 Å². The van der Waals surface area contributed by atoms with Crippen molar-refractivity contribution in [3.8, 4) is 0 Å². The van der Waals surface area contributed by atoms with Crippen molar-refractivity contribution in [2.75, 3.05) is 19.8 Å². The second kappa shape index (κ2) is 9.15. The minimum atomic E-state index is -1.86. The molecule has 0 aliphatic carbocycles. The fourth-order valence-electron chi connectivity index (χ4n) is 2.06. The van der Waals surface area contributed by atoms with Gasteiger partial charge in [-0.05, 0) is 0 Å². The van der Waals surface area contributed by atoms with Crippen LogP contribution in [-0.4, -0.2) is 121 Å². The Morgan fingerprint density at radius 3 is 1.91 bits per heavy atom. The van der Waals surface area contributed by atoms with E-state index >= 15 is 0 Å². The smallest absolute Gasteiger partial charge is 0.186 e. The highest BCUT2D eigenvalue weighted by Gasteiger charge is 2.44. The molecule has 1 fully saturated rings. The highest BCUT2D eigenvalue weighted by molar-refractivity contribution is 4.89. The van der Waals surface area contributed by atoms with Crippen LogP contribution in [0.25, 0.3) is 0 Å². The van der Waals surface area contributed by atoms with Crippen LogP contribution in [0.3, 0.4) is 0 Å². The molecule has 1 unspecified atom stereocenters. The molecule has 0 amide bonds. The van der Waals surface area contributed by atoms with Gasteiger partial charge in [0.25, 0.3) is 0 Å². The Hall–Kier alpha value is -0.440. The monoisotopic (exact) mass is 344 g/mol. The van der Waals surface area contributed by atoms with Gasteiger partial charge in [-0.3, -0.25) is 0 Å². The molecular weight excluding hydrogens is 320 g/mol. The third-order valence-corrected chi connectivity index (χ3v) is 3.61. The fourth-order valence-corrected chi connectivity index (χ4v) is 2.06. The van der Waals surface area contributed by atoms with E-state index in [0.29, 0.717) is 0 Å². The maximum atomic E-state index is 9.70. The number of aliphatic hydroxyl groups excluding tert-OH is 9. The molecular formula is C12H24O11. The maximum absolute atomic E-state index is 9.70. The van der Waals surface area contributed by atoms with Gasteiger partial charge in [0, 0.05) is 0 Å². The number of rotatable bonds is 8. The lowest BCUT2D eigenvalue weighted by Gasteiger charge is -2.40. The summed E-state index contributed by atoms with van der Waals surface area (Å²) in [6, 6.07) is 0. The standard InChI is InChI=1S/C12H24O11/c13-1-4(15)7(17)8(18)5(16)3-22-12-11(21)10(20)9(19)6(2-14)23-12/h4-21H,1-3H2/t4-,5-,6+,7-,8-,9+,10-,11+,12?/m0/s1. The lowest BCUT2D eigenvalue weighted by atomic mass is 9.99. The van der Waals surface area contributed by atoms with Crippen LogP contribution in [0, 0.1) is 0 Å². The second-order valence-corrected chi connectivity index (χ2v) is 5.33. The average molecular weight is 344 g/mol. The van der Waals surface area contributed by atoms with Crippen LogP contribution >= 0.6 is 0 Å². The summed E-state index contributed by atoms with van der Waals surface area (Å²) in [4.78, 5) is 0. The molecule has 0 saturated carbocycles. The summed E-state index contributed by atoms with van der Waals surface area (Å²) >= 11 is 0. The van der Waals surface area contributed by atoms with Gasteiger partial charge in [-0.1, -0.05) is 0 Å². The van der Waals surface area contributed by atoms with Crippen LogP contribution in [0.2, 0.25) is 0 Å². The van der Waals surface area contributed by atoms with Crippen molar-refractivity contribution in [2.24, 2.45) is 0 Å². The van der Waals surface area contributed by atoms with E-state index in [2.05, 4.69) is 0 Å². The van der Waals surface area contributed by atoms with Gasteiger partial charge in [0.05, 0.1) is 19.8 Å². The maximum Gasteiger partial charge on any atom is 0.186 e. The summed E-state index contributed by atoms with van der Waals surface area (Å²) in [5, 5.41) is 84.4. The minimum absolute atomic E-state index is 0.655. The topological polar surface area (TPSA) is 201 Å². The van der Waals surface area contributed by atoms with Crippen molar-refractivity contribution in [3.05, 3.63) is 0 Å². The molecule has 9 atom stereocenters. The Bertz CT molecular complexity index is 341. The first-order valence-corrected chi connectivity index (χ1v) is 6.99. The summed E-state index contributed by atoms with van der Waals surface area (Å²) < 4.78 is 9.99. The summed E-state index contributed by atoms with van der Waals surface area (Å²) in [5.74, 6) is 0. The van der Waals surface area contributed by atoms with Gasteiger partial charge in [0.2, 0.25) is 0 Å². The molecule has 0 aromatic heterocycles. The van der Waals surface area contributed by atoms with Gasteiger partial charge in [-0.15, -0.1) is 0 Å². The predicted octanol–water partition coefficient (Wildman–Crippen LogP) is -5.76. The minimum Gasteiger partial charge on any atom is -0.394 e. The zero-order valence-electron chi connectivity index (χ0n) is 12.2. The van der Waals surface area contributed by atoms with Gasteiger partial charge in [0.15, 0.2) is 6.29 Å². The van der Waals surface area contributed by atoms with Gasteiger partial charge < -0.3 is 55.4 Å². The Morgan fingerprint density at radius 2 is 1.39 bits per heavy atom. The third-order valence-electron chi connectivity index (χ3n) is 3.61. The fraction of sp³-hybridized carbons (Fsp3) is 1.00. The second-order valence-electron chi connectivity index (χ2n) is 5.33. The SMILES string of the molecule is OC[C@H](O)[C@H](O)[C@@H](O)[C@@H](O)COC1O[C@H](CO)[C@@H](O)[C@H](O)[C@H]1O. The van der Waals surface area contributed by atoms with Crippen molar-refractivity contribution in [1.82, 2.24) is 0 Å². The molecule has 11 nitrogen and oxygen atoms in total. The quantitative estimate of drug-likeness (QED) is 0.203. The van der Waals surface area contributed by atoms with E-state index in [-0.39, 0.29) is 0 Å². The molecule has 138 valence electrons. The highest BCUT2D eigenvalue weighted by atomic mass is 16.7. The lowest BCUT2D eigenvalue weighted by molar-refractivity contribution is -0.306. The Balaban J connectivity index is 2.55. The van der Waals surface area contributed by atoms with Crippen molar-refractivity contribution in [1.29, 1.82) is 0 Å². The van der Waals surface area contributed by atoms with E-state index in [1.807, 2.05) is 0 Å². The molecule has 0 radical (unpaired) electrons. The van der Waals surface area contributed by atoms with Crippen molar-refractivity contribution in [2.45, 2.75) is 55.1 Å². The molecule has 1 aliphatic rings. The lowest BCUT2D eigenvalue weighted by Crippen LogP contribution is -2.59. The van der Waals surface area contributed by atoms with Crippen LogP contribution in [-0.2, 0) is 9.47 Å².